The number of esters is 1. The molecule has 0 aliphatic rings. The molecule has 1 aromatic heterocycles. The lowest BCUT2D eigenvalue weighted by molar-refractivity contribution is 0.0596. The highest BCUT2D eigenvalue weighted by Crippen LogP contribution is 2.39. The van der Waals surface area contributed by atoms with Gasteiger partial charge in [-0.1, -0.05) is 22.0 Å². The molecule has 0 atom stereocenters. The van der Waals surface area contributed by atoms with Crippen LogP contribution in [0.3, 0.4) is 0 Å². The molecule has 0 N–H and O–H groups in total. The molecule has 90 valence electrons. The van der Waals surface area contributed by atoms with Crippen molar-refractivity contribution in [1.82, 2.24) is 0 Å². The molecule has 2 aromatic rings. The van der Waals surface area contributed by atoms with Crippen molar-refractivity contribution in [3.63, 3.8) is 0 Å². The van der Waals surface area contributed by atoms with Gasteiger partial charge < -0.3 is 4.74 Å². The fourth-order valence-electron chi connectivity index (χ4n) is 1.55. The molecule has 0 unspecified atom stereocenters. The first kappa shape index (κ1) is 12.4. The molecule has 0 spiro atoms. The molecule has 1 heterocycles. The summed E-state index contributed by atoms with van der Waals surface area (Å²) in [5.74, 6) is -0.724. The van der Waals surface area contributed by atoms with Crippen LogP contribution in [0.15, 0.2) is 22.7 Å². The summed E-state index contributed by atoms with van der Waals surface area (Å²) in [6.07, 6.45) is -2.70. The van der Waals surface area contributed by atoms with Crippen molar-refractivity contribution in [3.8, 4) is 0 Å². The summed E-state index contributed by atoms with van der Waals surface area (Å²) < 4.78 is 31.9. The highest BCUT2D eigenvalue weighted by atomic mass is 79.9. The lowest BCUT2D eigenvalue weighted by Crippen LogP contribution is -2.02. The molecule has 2 nitrogen and oxygen atoms in total. The number of halogens is 3. The normalized spacial score (nSPS) is 11.1. The maximum absolute atomic E-state index is 13.0. The summed E-state index contributed by atoms with van der Waals surface area (Å²) in [5, 5.41) is 0.397. The van der Waals surface area contributed by atoms with Crippen molar-refractivity contribution in [3.05, 3.63) is 33.1 Å². The van der Waals surface area contributed by atoms with Gasteiger partial charge in [0.2, 0.25) is 0 Å². The molecular formula is C11H7BrF2O2S. The predicted molar refractivity (Wildman–Crippen MR) is 65.8 cm³/mol. The van der Waals surface area contributed by atoms with Crippen LogP contribution < -0.4 is 0 Å². The average molecular weight is 321 g/mol. The van der Waals surface area contributed by atoms with E-state index >= 15 is 0 Å². The highest BCUT2D eigenvalue weighted by Gasteiger charge is 2.25. The van der Waals surface area contributed by atoms with Gasteiger partial charge in [0.25, 0.3) is 6.43 Å². The van der Waals surface area contributed by atoms with E-state index in [0.717, 1.165) is 15.8 Å². The third kappa shape index (κ3) is 2.19. The molecule has 0 bridgehead atoms. The van der Waals surface area contributed by atoms with E-state index in [0.29, 0.717) is 10.1 Å². The van der Waals surface area contributed by atoms with E-state index in [4.69, 9.17) is 0 Å². The lowest BCUT2D eigenvalue weighted by atomic mass is 10.1. The van der Waals surface area contributed by atoms with Gasteiger partial charge in [0.05, 0.1) is 12.7 Å². The smallest absolute Gasteiger partial charge is 0.348 e. The van der Waals surface area contributed by atoms with Crippen molar-refractivity contribution < 1.29 is 18.3 Å². The highest BCUT2D eigenvalue weighted by molar-refractivity contribution is 9.10. The van der Waals surface area contributed by atoms with Crippen LogP contribution in [0.1, 0.15) is 21.7 Å². The lowest BCUT2D eigenvalue weighted by Gasteiger charge is -2.01. The van der Waals surface area contributed by atoms with Gasteiger partial charge in [-0.05, 0) is 12.1 Å². The van der Waals surface area contributed by atoms with Crippen molar-refractivity contribution in [2.45, 2.75) is 6.43 Å². The number of alkyl halides is 2. The first-order valence-corrected chi connectivity index (χ1v) is 6.24. The Balaban J connectivity index is 2.74. The summed E-state index contributed by atoms with van der Waals surface area (Å²) >= 11 is 4.27. The van der Waals surface area contributed by atoms with E-state index in [-0.39, 0.29) is 10.4 Å². The quantitative estimate of drug-likeness (QED) is 0.767. The van der Waals surface area contributed by atoms with Gasteiger partial charge in [-0.3, -0.25) is 0 Å². The van der Waals surface area contributed by atoms with Gasteiger partial charge in [0, 0.05) is 14.6 Å². The number of rotatable bonds is 2. The van der Waals surface area contributed by atoms with Gasteiger partial charge >= 0.3 is 5.97 Å². The Morgan fingerprint density at radius 3 is 2.76 bits per heavy atom. The summed E-state index contributed by atoms with van der Waals surface area (Å²) in [6.45, 7) is 0. The molecule has 6 heteroatoms. The van der Waals surface area contributed by atoms with E-state index in [1.807, 2.05) is 0 Å². The Labute approximate surface area is 108 Å². The largest absolute Gasteiger partial charge is 0.465 e. The van der Waals surface area contributed by atoms with Crippen molar-refractivity contribution in [1.29, 1.82) is 0 Å². The molecule has 2 rings (SSSR count). The monoisotopic (exact) mass is 320 g/mol. The van der Waals surface area contributed by atoms with Crippen LogP contribution in [-0.4, -0.2) is 13.1 Å². The van der Waals surface area contributed by atoms with E-state index in [2.05, 4.69) is 20.7 Å². The molecule has 0 saturated heterocycles. The van der Waals surface area contributed by atoms with Crippen LogP contribution >= 0.6 is 27.3 Å². The number of fused-ring (bicyclic) bond motifs is 1. The number of hydrogen-bond donors (Lipinski definition) is 0. The number of carbonyl (C=O) groups is 1. The summed E-state index contributed by atoms with van der Waals surface area (Å²) in [7, 11) is 1.18. The van der Waals surface area contributed by atoms with E-state index in [9.17, 15) is 13.6 Å². The maximum Gasteiger partial charge on any atom is 0.348 e. The predicted octanol–water partition coefficient (Wildman–Crippen LogP) is 4.39. The van der Waals surface area contributed by atoms with E-state index in [1.54, 1.807) is 18.2 Å². The number of hydrogen-bond acceptors (Lipinski definition) is 3. The zero-order valence-electron chi connectivity index (χ0n) is 8.67. The van der Waals surface area contributed by atoms with Crippen LogP contribution in [0.25, 0.3) is 10.1 Å². The standard InChI is InChI=1S/C11H7BrF2O2S/c1-16-11(15)9-8(10(13)14)6-3-2-5(12)4-7(6)17-9/h2-4,10H,1H3. The van der Waals surface area contributed by atoms with E-state index < -0.39 is 12.4 Å². The number of ether oxygens (including phenoxy) is 1. The van der Waals surface area contributed by atoms with Crippen molar-refractivity contribution in [2.24, 2.45) is 0 Å². The Bertz CT molecular complexity index is 580. The molecule has 0 aliphatic heterocycles. The summed E-state index contributed by atoms with van der Waals surface area (Å²) in [4.78, 5) is 11.4. The fourth-order valence-corrected chi connectivity index (χ4v) is 3.23. The van der Waals surface area contributed by atoms with Crippen molar-refractivity contribution in [2.75, 3.05) is 7.11 Å². The first-order valence-electron chi connectivity index (χ1n) is 4.63. The van der Waals surface area contributed by atoms with Crippen LogP contribution in [0, 0.1) is 0 Å². The second kappa shape index (κ2) is 4.70. The molecule has 17 heavy (non-hydrogen) atoms. The van der Waals surface area contributed by atoms with Crippen molar-refractivity contribution >= 4 is 43.3 Å². The van der Waals surface area contributed by atoms with Crippen LogP contribution in [0.2, 0.25) is 0 Å². The van der Waals surface area contributed by atoms with E-state index in [1.165, 1.54) is 7.11 Å². The minimum Gasteiger partial charge on any atom is -0.465 e. The maximum atomic E-state index is 13.0. The topological polar surface area (TPSA) is 26.3 Å². The van der Waals surface area contributed by atoms with Gasteiger partial charge in [0.15, 0.2) is 0 Å². The zero-order chi connectivity index (χ0) is 12.6. The number of thiophene rings is 1. The third-order valence-corrected chi connectivity index (χ3v) is 3.92. The molecule has 0 aliphatic carbocycles. The Morgan fingerprint density at radius 1 is 1.47 bits per heavy atom. The first-order chi connectivity index (χ1) is 8.04. The fraction of sp³-hybridized carbons (Fsp3) is 0.182. The average Bonchev–Trinajstić information content (AvgIpc) is 2.66. The molecule has 1 aromatic carbocycles. The van der Waals surface area contributed by atoms with Gasteiger partial charge in [-0.15, -0.1) is 11.3 Å². The van der Waals surface area contributed by atoms with Crippen LogP contribution in [-0.2, 0) is 4.74 Å². The Kier molecular flexibility index (Phi) is 3.44. The van der Waals surface area contributed by atoms with Gasteiger partial charge in [-0.25, -0.2) is 13.6 Å². The third-order valence-electron chi connectivity index (χ3n) is 2.28. The summed E-state index contributed by atoms with van der Waals surface area (Å²) in [5.41, 5.74) is -0.246. The number of methoxy groups -OCH3 is 1. The van der Waals surface area contributed by atoms with Gasteiger partial charge in [0.1, 0.15) is 4.88 Å². The number of benzene rings is 1. The van der Waals surface area contributed by atoms with Gasteiger partial charge in [-0.2, -0.15) is 0 Å². The second-order valence-electron chi connectivity index (χ2n) is 3.28. The summed E-state index contributed by atoms with van der Waals surface area (Å²) in [6, 6.07) is 4.95. The molecule has 0 saturated carbocycles. The SMILES string of the molecule is COC(=O)c1sc2cc(Br)ccc2c1C(F)F. The molecule has 0 fully saturated rings. The molecule has 0 amide bonds. The minimum absolute atomic E-state index is 0.0319. The van der Waals surface area contributed by atoms with Crippen LogP contribution in [0.4, 0.5) is 8.78 Å². The van der Waals surface area contributed by atoms with Crippen LogP contribution in [0.5, 0.6) is 0 Å². The molecular weight excluding hydrogens is 314 g/mol. The minimum atomic E-state index is -2.70. The zero-order valence-corrected chi connectivity index (χ0v) is 11.1. The Morgan fingerprint density at radius 2 is 2.18 bits per heavy atom. The molecule has 0 radical (unpaired) electrons. The Hall–Kier alpha value is -1.01. The number of carbonyl (C=O) groups excluding carboxylic acids is 1. The second-order valence-corrected chi connectivity index (χ2v) is 5.25.